The molecule has 6 nitrogen and oxygen atoms in total. The summed E-state index contributed by atoms with van der Waals surface area (Å²) in [7, 11) is 2.10. The second-order valence-electron chi connectivity index (χ2n) is 7.80. The van der Waals surface area contributed by atoms with Gasteiger partial charge in [0.2, 0.25) is 0 Å². The average molecular weight is 449 g/mol. The van der Waals surface area contributed by atoms with E-state index >= 15 is 0 Å². The molecule has 2 atom stereocenters. The predicted molar refractivity (Wildman–Crippen MR) is 100 cm³/mol. The number of rotatable bonds is 6. The largest absolute Gasteiger partial charge is 0.454 e. The van der Waals surface area contributed by atoms with E-state index in [4.69, 9.17) is 16.0 Å². The Kier molecular flexibility index (Phi) is 5.80. The molecule has 0 aliphatic carbocycles. The molecule has 0 radical (unpaired) electrons. The number of halogens is 5. The van der Waals surface area contributed by atoms with Crippen molar-refractivity contribution in [1.29, 1.82) is 0 Å². The van der Waals surface area contributed by atoms with Gasteiger partial charge in [0.05, 0.1) is 11.6 Å². The van der Waals surface area contributed by atoms with Crippen LogP contribution in [0.3, 0.4) is 0 Å². The smallest absolute Gasteiger partial charge is 0.287 e. The Morgan fingerprint density at radius 3 is 2.50 bits per heavy atom. The van der Waals surface area contributed by atoms with Crippen LogP contribution >= 0.6 is 11.6 Å². The first kappa shape index (κ1) is 21.2. The van der Waals surface area contributed by atoms with Gasteiger partial charge in [0.15, 0.2) is 5.76 Å². The second kappa shape index (κ2) is 8.22. The number of hydrogen-bond acceptors (Lipinski definition) is 4. The zero-order valence-electron chi connectivity index (χ0n) is 16.1. The van der Waals surface area contributed by atoms with Gasteiger partial charge in [0.1, 0.15) is 17.1 Å². The number of carbonyl (C=O) groups is 1. The molecule has 2 aliphatic rings. The Hall–Kier alpha value is -2.07. The van der Waals surface area contributed by atoms with Gasteiger partial charge in [-0.3, -0.25) is 9.48 Å². The molecule has 0 aromatic carbocycles. The molecule has 2 unspecified atom stereocenters. The number of piperidine rings is 1. The molecule has 2 fully saturated rings. The molecule has 2 bridgehead atoms. The van der Waals surface area contributed by atoms with Crippen LogP contribution in [-0.2, 0) is 6.54 Å². The van der Waals surface area contributed by atoms with E-state index in [0.29, 0.717) is 16.8 Å². The Labute approximate surface area is 175 Å². The molecular weight excluding hydrogens is 428 g/mol. The zero-order valence-corrected chi connectivity index (χ0v) is 16.9. The first-order chi connectivity index (χ1) is 14.2. The number of fused-ring (bicyclic) bond motifs is 2. The lowest BCUT2D eigenvalue weighted by molar-refractivity contribution is 0.0853. The minimum Gasteiger partial charge on any atom is -0.454 e. The summed E-state index contributed by atoms with van der Waals surface area (Å²) in [5.41, 5.74) is -1.72. The first-order valence-corrected chi connectivity index (χ1v) is 10.1. The number of aromatic nitrogens is 2. The molecule has 0 spiro atoms. The van der Waals surface area contributed by atoms with Gasteiger partial charge in [-0.25, -0.2) is 17.6 Å². The fourth-order valence-electron chi connectivity index (χ4n) is 4.46. The Bertz CT molecular complexity index is 918. The van der Waals surface area contributed by atoms with Crippen molar-refractivity contribution >= 4 is 17.5 Å². The van der Waals surface area contributed by atoms with Gasteiger partial charge in [0.25, 0.3) is 18.8 Å². The van der Waals surface area contributed by atoms with Crippen LogP contribution in [0.4, 0.5) is 17.6 Å². The monoisotopic (exact) mass is 448 g/mol. The molecule has 2 aliphatic heterocycles. The van der Waals surface area contributed by atoms with Crippen LogP contribution < -0.4 is 5.32 Å². The molecule has 4 heterocycles. The van der Waals surface area contributed by atoms with Crippen LogP contribution in [0.2, 0.25) is 5.02 Å². The van der Waals surface area contributed by atoms with E-state index in [1.165, 1.54) is 12.1 Å². The van der Waals surface area contributed by atoms with E-state index < -0.39 is 35.2 Å². The van der Waals surface area contributed by atoms with Crippen molar-refractivity contribution in [1.82, 2.24) is 20.0 Å². The van der Waals surface area contributed by atoms with E-state index in [1.54, 1.807) is 0 Å². The fourth-order valence-corrected chi connectivity index (χ4v) is 4.76. The molecule has 1 amide bonds. The Morgan fingerprint density at radius 2 is 1.90 bits per heavy atom. The maximum absolute atomic E-state index is 13.3. The summed E-state index contributed by atoms with van der Waals surface area (Å²) in [6.07, 6.45) is -2.19. The number of amides is 1. The third-order valence-corrected chi connectivity index (χ3v) is 6.38. The molecule has 30 heavy (non-hydrogen) atoms. The summed E-state index contributed by atoms with van der Waals surface area (Å²) >= 11 is 5.65. The van der Waals surface area contributed by atoms with Crippen molar-refractivity contribution < 1.29 is 26.8 Å². The molecule has 11 heteroatoms. The Morgan fingerprint density at radius 1 is 1.23 bits per heavy atom. The van der Waals surface area contributed by atoms with Crippen LogP contribution in [0.25, 0.3) is 0 Å². The highest BCUT2D eigenvalue weighted by atomic mass is 35.5. The zero-order chi connectivity index (χ0) is 21.6. The quantitative estimate of drug-likeness (QED) is 0.665. The second-order valence-corrected chi connectivity index (χ2v) is 8.18. The number of nitrogens with one attached hydrogen (secondary N) is 1. The highest BCUT2D eigenvalue weighted by Crippen LogP contribution is 2.36. The van der Waals surface area contributed by atoms with Gasteiger partial charge in [-0.05, 0) is 44.9 Å². The minimum absolute atomic E-state index is 0.0298. The van der Waals surface area contributed by atoms with Crippen LogP contribution in [-0.4, -0.2) is 45.8 Å². The third-order valence-electron chi connectivity index (χ3n) is 5.99. The maximum atomic E-state index is 13.3. The first-order valence-electron chi connectivity index (χ1n) is 9.68. The molecule has 4 rings (SSSR count). The van der Waals surface area contributed by atoms with E-state index in [1.807, 2.05) is 0 Å². The standard InChI is InChI=1S/C19H21ClF4N4O2/c1-27-10-2-3-11(27)7-9(6-10)25-19(29)13-5-4-12(30-13)8-28-16(18(23)24)14(20)15(26-28)17(21)22/h4-5,9-11,17-18H,2-3,6-8H2,1H3,(H,25,29). The summed E-state index contributed by atoms with van der Waals surface area (Å²) in [6, 6.07) is 3.82. The molecule has 2 aromatic heterocycles. The summed E-state index contributed by atoms with van der Waals surface area (Å²) in [6.45, 7) is -0.349. The lowest BCUT2D eigenvalue weighted by Gasteiger charge is -2.36. The van der Waals surface area contributed by atoms with Crippen LogP contribution in [0.5, 0.6) is 0 Å². The van der Waals surface area contributed by atoms with Gasteiger partial charge in [-0.1, -0.05) is 11.6 Å². The average Bonchev–Trinajstić information content (AvgIpc) is 3.31. The van der Waals surface area contributed by atoms with Gasteiger partial charge in [-0.15, -0.1) is 0 Å². The van der Waals surface area contributed by atoms with Gasteiger partial charge in [0, 0.05) is 18.1 Å². The number of nitrogens with zero attached hydrogens (tertiary/aromatic N) is 3. The van der Waals surface area contributed by atoms with E-state index in [-0.39, 0.29) is 24.1 Å². The normalized spacial score (nSPS) is 24.2. The number of furan rings is 1. The van der Waals surface area contributed by atoms with Crippen molar-refractivity contribution in [3.8, 4) is 0 Å². The number of alkyl halides is 4. The molecule has 0 saturated carbocycles. The van der Waals surface area contributed by atoms with Crippen LogP contribution in [0.1, 0.15) is 66.2 Å². The summed E-state index contributed by atoms with van der Waals surface area (Å²) in [4.78, 5) is 14.9. The fraction of sp³-hybridized carbons (Fsp3) is 0.579. The van der Waals surface area contributed by atoms with Crippen LogP contribution in [0.15, 0.2) is 16.5 Å². The van der Waals surface area contributed by atoms with Gasteiger partial charge < -0.3 is 14.6 Å². The Balaban J connectivity index is 1.45. The number of carbonyl (C=O) groups excluding carboxylic acids is 1. The van der Waals surface area contributed by atoms with Crippen molar-refractivity contribution in [2.24, 2.45) is 0 Å². The van der Waals surface area contributed by atoms with Crippen molar-refractivity contribution in [3.63, 3.8) is 0 Å². The summed E-state index contributed by atoms with van der Waals surface area (Å²) in [5, 5.41) is 5.70. The van der Waals surface area contributed by atoms with Crippen molar-refractivity contribution in [2.45, 2.75) is 63.2 Å². The highest BCUT2D eigenvalue weighted by Gasteiger charge is 2.39. The van der Waals surface area contributed by atoms with Gasteiger partial charge >= 0.3 is 0 Å². The highest BCUT2D eigenvalue weighted by molar-refractivity contribution is 6.32. The SMILES string of the molecule is CN1C2CCC1CC(NC(=O)c1ccc(Cn3nc(C(F)F)c(Cl)c3C(F)F)o1)C2. The van der Waals surface area contributed by atoms with E-state index in [2.05, 4.69) is 22.4 Å². The predicted octanol–water partition coefficient (Wildman–Crippen LogP) is 4.41. The molecular formula is C19H21ClF4N4O2. The minimum atomic E-state index is -3.09. The summed E-state index contributed by atoms with van der Waals surface area (Å²) < 4.78 is 58.6. The van der Waals surface area contributed by atoms with E-state index in [9.17, 15) is 22.4 Å². The van der Waals surface area contributed by atoms with Gasteiger partial charge in [-0.2, -0.15) is 5.10 Å². The molecule has 1 N–H and O–H groups in total. The maximum Gasteiger partial charge on any atom is 0.287 e. The molecule has 164 valence electrons. The number of hydrogen-bond donors (Lipinski definition) is 1. The molecule has 2 aromatic rings. The van der Waals surface area contributed by atoms with Crippen molar-refractivity contribution in [2.75, 3.05) is 7.05 Å². The van der Waals surface area contributed by atoms with E-state index in [0.717, 1.165) is 25.7 Å². The lowest BCUT2D eigenvalue weighted by atomic mass is 9.98. The molecule has 2 saturated heterocycles. The third kappa shape index (κ3) is 3.94. The topological polar surface area (TPSA) is 63.3 Å². The van der Waals surface area contributed by atoms with Crippen LogP contribution in [0, 0.1) is 0 Å². The summed E-state index contributed by atoms with van der Waals surface area (Å²) in [5.74, 6) is -0.233. The van der Waals surface area contributed by atoms with Crippen molar-refractivity contribution in [3.05, 3.63) is 40.1 Å². The lowest BCUT2D eigenvalue weighted by Crippen LogP contribution is -2.48.